The molecule has 2 bridgehead atoms. The van der Waals surface area contributed by atoms with E-state index in [9.17, 15) is 18.0 Å². The van der Waals surface area contributed by atoms with Crippen LogP contribution in [0.5, 0.6) is 0 Å². The van der Waals surface area contributed by atoms with Gasteiger partial charge in [0.15, 0.2) is 0 Å². The zero-order valence-corrected chi connectivity index (χ0v) is 14.4. The number of nitrogens with one attached hydrogen (secondary N) is 2. The first-order valence-corrected chi connectivity index (χ1v) is 9.18. The number of amides is 2. The summed E-state index contributed by atoms with van der Waals surface area (Å²) in [7, 11) is 0. The summed E-state index contributed by atoms with van der Waals surface area (Å²) >= 11 is 0. The first kappa shape index (κ1) is 17.6. The fourth-order valence-corrected chi connectivity index (χ4v) is 4.39. The summed E-state index contributed by atoms with van der Waals surface area (Å²) in [5, 5.41) is 5.55. The molecule has 1 aromatic rings. The van der Waals surface area contributed by atoms with Crippen LogP contribution < -0.4 is 10.6 Å². The minimum atomic E-state index is -4.17. The van der Waals surface area contributed by atoms with E-state index in [-0.39, 0.29) is 24.3 Å². The van der Waals surface area contributed by atoms with Gasteiger partial charge in [-0.05, 0) is 42.2 Å². The molecule has 142 valence electrons. The first-order valence-electron chi connectivity index (χ1n) is 9.18. The van der Waals surface area contributed by atoms with Gasteiger partial charge in [-0.3, -0.25) is 0 Å². The van der Waals surface area contributed by atoms with E-state index in [0.29, 0.717) is 25.3 Å². The highest BCUT2D eigenvalue weighted by atomic mass is 19.4. The van der Waals surface area contributed by atoms with Crippen molar-refractivity contribution in [1.82, 2.24) is 10.6 Å². The summed E-state index contributed by atoms with van der Waals surface area (Å²) in [4.78, 5) is 12.2. The molecule has 0 spiro atoms. The van der Waals surface area contributed by atoms with Crippen LogP contribution in [0.25, 0.3) is 0 Å². The Morgan fingerprint density at radius 2 is 1.92 bits per heavy atom. The monoisotopic (exact) mass is 368 g/mol. The van der Waals surface area contributed by atoms with Gasteiger partial charge in [0.25, 0.3) is 0 Å². The van der Waals surface area contributed by atoms with Crippen molar-refractivity contribution >= 4 is 6.03 Å². The van der Waals surface area contributed by atoms with Gasteiger partial charge < -0.3 is 15.4 Å². The maximum absolute atomic E-state index is 13.1. The lowest BCUT2D eigenvalue weighted by molar-refractivity contribution is -0.220. The average molecular weight is 368 g/mol. The van der Waals surface area contributed by atoms with Gasteiger partial charge >= 0.3 is 12.2 Å². The quantitative estimate of drug-likeness (QED) is 0.854. The van der Waals surface area contributed by atoms with Gasteiger partial charge in [-0.25, -0.2) is 4.79 Å². The van der Waals surface area contributed by atoms with Crippen LogP contribution in [-0.2, 0) is 11.3 Å². The second kappa shape index (κ2) is 6.76. The number of fused-ring (bicyclic) bond motifs is 2. The van der Waals surface area contributed by atoms with E-state index in [1.807, 2.05) is 24.3 Å². The van der Waals surface area contributed by atoms with Gasteiger partial charge in [0, 0.05) is 18.5 Å². The highest BCUT2D eigenvalue weighted by Gasteiger charge is 2.55. The number of carbonyl (C=O) groups excluding carboxylic acids is 1. The summed E-state index contributed by atoms with van der Waals surface area (Å²) in [5.41, 5.74) is 2.17. The van der Waals surface area contributed by atoms with E-state index in [1.165, 1.54) is 5.56 Å². The molecular formula is C19H23F3N2O2. The molecule has 4 fully saturated rings. The summed E-state index contributed by atoms with van der Waals surface area (Å²) in [5.74, 6) is -0.929. The minimum absolute atomic E-state index is 0.00339. The maximum atomic E-state index is 13.1. The van der Waals surface area contributed by atoms with E-state index >= 15 is 0 Å². The topological polar surface area (TPSA) is 50.4 Å². The predicted molar refractivity (Wildman–Crippen MR) is 89.5 cm³/mol. The standard InChI is InChI=1S/C19H23F3N2O2/c20-19(21,22)16-7-17(14-5-13(16)6-14)24-18(25)23-8-11-2-1-3-12(4-11)15-9-26-10-15/h1-4,13-17H,5-10H2,(H2,23,24,25)/t13?,14?,16-,17+/m0/s1. The summed E-state index contributed by atoms with van der Waals surface area (Å²) < 4.78 is 44.5. The van der Waals surface area contributed by atoms with E-state index in [4.69, 9.17) is 4.74 Å². The lowest BCUT2D eigenvalue weighted by atomic mass is 9.57. The van der Waals surface area contributed by atoms with E-state index < -0.39 is 18.1 Å². The third-order valence-electron chi connectivity index (χ3n) is 6.11. The lowest BCUT2D eigenvalue weighted by Crippen LogP contribution is -2.57. The van der Waals surface area contributed by atoms with Crippen molar-refractivity contribution in [3.8, 4) is 0 Å². The second-order valence-corrected chi connectivity index (χ2v) is 7.79. The minimum Gasteiger partial charge on any atom is -0.380 e. The molecule has 0 radical (unpaired) electrons. The van der Waals surface area contributed by atoms with Crippen molar-refractivity contribution in [3.63, 3.8) is 0 Å². The maximum Gasteiger partial charge on any atom is 0.392 e. The molecule has 4 aliphatic rings. The molecule has 4 nitrogen and oxygen atoms in total. The summed E-state index contributed by atoms with van der Waals surface area (Å²) in [6.07, 6.45) is -3.02. The molecule has 2 atom stereocenters. The number of halogens is 3. The van der Waals surface area contributed by atoms with Crippen LogP contribution in [-0.4, -0.2) is 31.5 Å². The molecule has 0 unspecified atom stereocenters. The molecular weight excluding hydrogens is 345 g/mol. The number of benzene rings is 1. The highest BCUT2D eigenvalue weighted by molar-refractivity contribution is 5.74. The van der Waals surface area contributed by atoms with Crippen LogP contribution in [0.15, 0.2) is 24.3 Å². The zero-order valence-electron chi connectivity index (χ0n) is 14.4. The molecule has 3 saturated carbocycles. The van der Waals surface area contributed by atoms with E-state index in [2.05, 4.69) is 10.6 Å². The van der Waals surface area contributed by atoms with Crippen LogP contribution in [0.4, 0.5) is 18.0 Å². The molecule has 2 amide bonds. The van der Waals surface area contributed by atoms with Crippen LogP contribution in [0, 0.1) is 17.8 Å². The zero-order chi connectivity index (χ0) is 18.3. The van der Waals surface area contributed by atoms with Crippen molar-refractivity contribution in [3.05, 3.63) is 35.4 Å². The number of alkyl halides is 3. The van der Waals surface area contributed by atoms with Gasteiger partial charge in [0.05, 0.1) is 19.1 Å². The number of rotatable bonds is 4. The fourth-order valence-electron chi connectivity index (χ4n) is 4.39. The third-order valence-corrected chi connectivity index (χ3v) is 6.11. The van der Waals surface area contributed by atoms with Gasteiger partial charge in [-0.2, -0.15) is 13.2 Å². The van der Waals surface area contributed by atoms with Crippen LogP contribution in [0.3, 0.4) is 0 Å². The Balaban J connectivity index is 1.29. The highest BCUT2D eigenvalue weighted by Crippen LogP contribution is 2.54. The van der Waals surface area contributed by atoms with Crippen molar-refractivity contribution < 1.29 is 22.7 Å². The van der Waals surface area contributed by atoms with Crippen molar-refractivity contribution in [2.75, 3.05) is 13.2 Å². The van der Waals surface area contributed by atoms with Crippen molar-refractivity contribution in [1.29, 1.82) is 0 Å². The molecule has 2 N–H and O–H groups in total. The Morgan fingerprint density at radius 1 is 1.15 bits per heavy atom. The lowest BCUT2D eigenvalue weighted by Gasteiger charge is -2.51. The Bertz CT molecular complexity index is 669. The summed E-state index contributed by atoms with van der Waals surface area (Å²) in [6.45, 7) is 1.81. The number of urea groups is 1. The van der Waals surface area contributed by atoms with Gasteiger partial charge in [0.1, 0.15) is 0 Å². The number of hydrogen-bond donors (Lipinski definition) is 2. The molecule has 1 aromatic carbocycles. The molecule has 26 heavy (non-hydrogen) atoms. The molecule has 0 aromatic heterocycles. The van der Waals surface area contributed by atoms with E-state index in [0.717, 1.165) is 18.8 Å². The Kier molecular flexibility index (Phi) is 4.59. The Morgan fingerprint density at radius 3 is 2.58 bits per heavy atom. The molecule has 7 heteroatoms. The number of ether oxygens (including phenoxy) is 1. The van der Waals surface area contributed by atoms with Crippen LogP contribution in [0.2, 0.25) is 0 Å². The van der Waals surface area contributed by atoms with Crippen LogP contribution >= 0.6 is 0 Å². The molecule has 1 aliphatic heterocycles. The summed E-state index contributed by atoms with van der Waals surface area (Å²) in [6, 6.07) is 7.20. The van der Waals surface area contributed by atoms with E-state index in [1.54, 1.807) is 0 Å². The smallest absolute Gasteiger partial charge is 0.380 e. The predicted octanol–water partition coefficient (Wildman–Crippen LogP) is 3.58. The Labute approximate surface area is 150 Å². The number of hydrogen-bond acceptors (Lipinski definition) is 2. The fraction of sp³-hybridized carbons (Fsp3) is 0.632. The molecule has 1 saturated heterocycles. The van der Waals surface area contributed by atoms with Crippen LogP contribution in [0.1, 0.15) is 36.3 Å². The van der Waals surface area contributed by atoms with Gasteiger partial charge in [0.2, 0.25) is 0 Å². The Hall–Kier alpha value is -1.76. The molecule has 3 aliphatic carbocycles. The average Bonchev–Trinajstić information content (AvgIpc) is 2.49. The molecule has 5 rings (SSSR count). The van der Waals surface area contributed by atoms with Crippen molar-refractivity contribution in [2.45, 2.75) is 43.9 Å². The van der Waals surface area contributed by atoms with Gasteiger partial charge in [-0.1, -0.05) is 24.3 Å². The second-order valence-electron chi connectivity index (χ2n) is 7.79. The first-order chi connectivity index (χ1) is 12.4. The largest absolute Gasteiger partial charge is 0.392 e. The third kappa shape index (κ3) is 3.54. The molecule has 1 heterocycles. The SMILES string of the molecule is O=C(NCc1cccc(C2COC2)c1)N[C@@H]1C[C@H](C(F)(F)F)C2CC1C2. The van der Waals surface area contributed by atoms with Gasteiger partial charge in [-0.15, -0.1) is 0 Å². The number of carbonyl (C=O) groups is 1. The normalized spacial score (nSPS) is 30.9. The van der Waals surface area contributed by atoms with Crippen molar-refractivity contribution in [2.24, 2.45) is 17.8 Å².